The molecule has 0 spiro atoms. The summed E-state index contributed by atoms with van der Waals surface area (Å²) in [5.41, 5.74) is 0.381. The quantitative estimate of drug-likeness (QED) is 0.853. The molecule has 1 saturated heterocycles. The summed E-state index contributed by atoms with van der Waals surface area (Å²) in [5.74, 6) is 0. The summed E-state index contributed by atoms with van der Waals surface area (Å²) in [4.78, 5) is 13.4. The zero-order valence-corrected chi connectivity index (χ0v) is 13.8. The van der Waals surface area contributed by atoms with Gasteiger partial charge in [0.15, 0.2) is 0 Å². The first-order valence-electron chi connectivity index (χ1n) is 6.58. The number of likely N-dealkylation sites (tertiary alicyclic amines) is 1. The molecule has 0 radical (unpaired) electrons. The van der Waals surface area contributed by atoms with E-state index in [4.69, 9.17) is 4.74 Å². The highest BCUT2D eigenvalue weighted by atomic mass is 79.9. The van der Waals surface area contributed by atoms with E-state index >= 15 is 0 Å². The van der Waals surface area contributed by atoms with Crippen LogP contribution in [0.3, 0.4) is 0 Å². The minimum absolute atomic E-state index is 0.268. The number of amides is 1. The number of hydrogen-bond donors (Lipinski definition) is 1. The number of hydrogen-bond acceptors (Lipinski definition) is 3. The molecule has 0 unspecified atom stereocenters. The summed E-state index contributed by atoms with van der Waals surface area (Å²) in [6.07, 6.45) is -0.378. The maximum atomic E-state index is 11.9. The van der Waals surface area contributed by atoms with E-state index < -0.39 is 11.2 Å². The van der Waals surface area contributed by atoms with Crippen LogP contribution in [0.2, 0.25) is 0 Å². The van der Waals surface area contributed by atoms with Crippen molar-refractivity contribution in [3.63, 3.8) is 0 Å². The molecule has 1 aromatic rings. The third kappa shape index (κ3) is 3.15. The van der Waals surface area contributed by atoms with Crippen molar-refractivity contribution in [2.24, 2.45) is 0 Å². The summed E-state index contributed by atoms with van der Waals surface area (Å²) >= 11 is 3.40. The molecule has 1 aliphatic heterocycles. The Morgan fingerprint density at radius 1 is 1.40 bits per heavy atom. The molecule has 1 N–H and O–H groups in total. The van der Waals surface area contributed by atoms with Crippen LogP contribution >= 0.6 is 15.9 Å². The van der Waals surface area contributed by atoms with Gasteiger partial charge in [0.25, 0.3) is 0 Å². The Morgan fingerprint density at radius 2 is 2.00 bits per heavy atom. The molecule has 0 aromatic heterocycles. The van der Waals surface area contributed by atoms with E-state index in [1.165, 1.54) is 4.90 Å². The van der Waals surface area contributed by atoms with Crippen molar-refractivity contribution >= 4 is 22.0 Å². The lowest BCUT2D eigenvalue weighted by molar-refractivity contribution is -0.104. The Labute approximate surface area is 127 Å². The number of halogens is 1. The van der Waals surface area contributed by atoms with Crippen LogP contribution in [0.15, 0.2) is 22.7 Å². The molecule has 4 nitrogen and oxygen atoms in total. The second kappa shape index (κ2) is 5.04. The molecule has 0 bridgehead atoms. The fraction of sp³-hybridized carbons (Fsp3) is 0.533. The normalized spacial score (nSPS) is 17.6. The molecule has 20 heavy (non-hydrogen) atoms. The summed E-state index contributed by atoms with van der Waals surface area (Å²) in [6.45, 7) is 7.98. The van der Waals surface area contributed by atoms with Crippen LogP contribution in [0.25, 0.3) is 0 Å². The number of aliphatic hydroxyl groups is 1. The van der Waals surface area contributed by atoms with E-state index in [1.54, 1.807) is 0 Å². The number of β-amino-alcohol motifs (C(OH)–C–C–N with tert-alkyl or cyclic N) is 1. The molecule has 5 heteroatoms. The largest absolute Gasteiger partial charge is 0.444 e. The Hall–Kier alpha value is -1.07. The van der Waals surface area contributed by atoms with Crippen LogP contribution in [-0.4, -0.2) is 34.8 Å². The van der Waals surface area contributed by atoms with E-state index in [1.807, 2.05) is 45.9 Å². The van der Waals surface area contributed by atoms with Crippen molar-refractivity contribution < 1.29 is 14.6 Å². The van der Waals surface area contributed by atoms with Gasteiger partial charge >= 0.3 is 6.09 Å². The molecule has 1 aromatic carbocycles. The Balaban J connectivity index is 2.05. The smallest absolute Gasteiger partial charge is 0.410 e. The first kappa shape index (κ1) is 15.3. The first-order valence-corrected chi connectivity index (χ1v) is 7.37. The van der Waals surface area contributed by atoms with Crippen molar-refractivity contribution in [1.29, 1.82) is 0 Å². The molecule has 1 fully saturated rings. The first-order chi connectivity index (χ1) is 9.11. The van der Waals surface area contributed by atoms with Gasteiger partial charge in [0, 0.05) is 4.47 Å². The second-order valence-electron chi connectivity index (χ2n) is 6.33. The molecular formula is C15H20BrNO3. The van der Waals surface area contributed by atoms with Crippen molar-refractivity contribution in [3.05, 3.63) is 33.8 Å². The van der Waals surface area contributed by atoms with Crippen LogP contribution in [-0.2, 0) is 10.3 Å². The number of ether oxygens (including phenoxy) is 1. The molecule has 0 atom stereocenters. The van der Waals surface area contributed by atoms with Gasteiger partial charge < -0.3 is 14.7 Å². The molecule has 1 aliphatic rings. The molecule has 1 amide bonds. The molecule has 1 heterocycles. The van der Waals surface area contributed by atoms with Crippen LogP contribution < -0.4 is 0 Å². The summed E-state index contributed by atoms with van der Waals surface area (Å²) in [5, 5.41) is 10.6. The van der Waals surface area contributed by atoms with Crippen LogP contribution in [0.1, 0.15) is 31.9 Å². The number of benzene rings is 1. The van der Waals surface area contributed by atoms with Gasteiger partial charge in [-0.1, -0.05) is 22.0 Å². The average molecular weight is 342 g/mol. The van der Waals surface area contributed by atoms with E-state index in [-0.39, 0.29) is 19.2 Å². The maximum Gasteiger partial charge on any atom is 0.410 e. The van der Waals surface area contributed by atoms with Gasteiger partial charge in [-0.15, -0.1) is 0 Å². The van der Waals surface area contributed by atoms with Crippen molar-refractivity contribution in [2.75, 3.05) is 13.1 Å². The van der Waals surface area contributed by atoms with Gasteiger partial charge in [-0.05, 0) is 51.0 Å². The SMILES string of the molecule is Cc1cc(Br)ccc1C1(O)CN(C(=O)OC(C)(C)C)C1. The van der Waals surface area contributed by atoms with Crippen molar-refractivity contribution in [2.45, 2.75) is 38.9 Å². The summed E-state index contributed by atoms with van der Waals surface area (Å²) < 4.78 is 6.27. The lowest BCUT2D eigenvalue weighted by Crippen LogP contribution is -2.62. The van der Waals surface area contributed by atoms with Gasteiger partial charge in [-0.25, -0.2) is 4.79 Å². The number of rotatable bonds is 1. The zero-order valence-electron chi connectivity index (χ0n) is 12.2. The van der Waals surface area contributed by atoms with Crippen LogP contribution in [0, 0.1) is 6.92 Å². The van der Waals surface area contributed by atoms with Gasteiger partial charge in [-0.2, -0.15) is 0 Å². The fourth-order valence-electron chi connectivity index (χ4n) is 2.36. The highest BCUT2D eigenvalue weighted by molar-refractivity contribution is 9.10. The van der Waals surface area contributed by atoms with E-state index in [0.29, 0.717) is 0 Å². The number of aryl methyl sites for hydroxylation is 1. The standard InChI is InChI=1S/C15H20BrNO3/c1-10-7-11(16)5-6-12(10)15(19)8-17(9-15)13(18)20-14(2,3)4/h5-7,19H,8-9H2,1-4H3. The van der Waals surface area contributed by atoms with Crippen LogP contribution in [0.4, 0.5) is 4.79 Å². The summed E-state index contributed by atoms with van der Waals surface area (Å²) in [7, 11) is 0. The minimum Gasteiger partial charge on any atom is -0.444 e. The molecule has 2 rings (SSSR count). The number of nitrogens with zero attached hydrogens (tertiary/aromatic N) is 1. The van der Waals surface area contributed by atoms with Crippen molar-refractivity contribution in [1.82, 2.24) is 4.90 Å². The highest BCUT2D eigenvalue weighted by Gasteiger charge is 2.47. The predicted octanol–water partition coefficient (Wildman–Crippen LogP) is 3.20. The number of carbonyl (C=O) groups excluding carboxylic acids is 1. The Bertz CT molecular complexity index is 530. The Kier molecular flexibility index (Phi) is 3.86. The van der Waals surface area contributed by atoms with E-state index in [0.717, 1.165) is 15.6 Å². The van der Waals surface area contributed by atoms with E-state index in [9.17, 15) is 9.90 Å². The maximum absolute atomic E-state index is 11.9. The summed E-state index contributed by atoms with van der Waals surface area (Å²) in [6, 6.07) is 5.76. The molecule has 0 saturated carbocycles. The third-order valence-electron chi connectivity index (χ3n) is 3.25. The van der Waals surface area contributed by atoms with Crippen LogP contribution in [0.5, 0.6) is 0 Å². The third-order valence-corrected chi connectivity index (χ3v) is 3.74. The predicted molar refractivity (Wildman–Crippen MR) is 80.6 cm³/mol. The lowest BCUT2D eigenvalue weighted by atomic mass is 9.84. The fourth-order valence-corrected chi connectivity index (χ4v) is 2.84. The van der Waals surface area contributed by atoms with Gasteiger partial charge in [0.1, 0.15) is 11.2 Å². The molecule has 0 aliphatic carbocycles. The molecule has 110 valence electrons. The minimum atomic E-state index is -0.971. The zero-order chi connectivity index (χ0) is 15.1. The average Bonchev–Trinajstić information content (AvgIpc) is 2.22. The second-order valence-corrected chi connectivity index (χ2v) is 7.24. The molecular weight excluding hydrogens is 322 g/mol. The van der Waals surface area contributed by atoms with Gasteiger partial charge in [-0.3, -0.25) is 0 Å². The lowest BCUT2D eigenvalue weighted by Gasteiger charge is -2.47. The topological polar surface area (TPSA) is 49.8 Å². The van der Waals surface area contributed by atoms with Crippen molar-refractivity contribution in [3.8, 4) is 0 Å². The van der Waals surface area contributed by atoms with Gasteiger partial charge in [0.05, 0.1) is 13.1 Å². The van der Waals surface area contributed by atoms with E-state index in [2.05, 4.69) is 15.9 Å². The van der Waals surface area contributed by atoms with Gasteiger partial charge in [0.2, 0.25) is 0 Å². The highest BCUT2D eigenvalue weighted by Crippen LogP contribution is 2.35. The number of carbonyl (C=O) groups is 1. The Morgan fingerprint density at radius 3 is 2.50 bits per heavy atom. The monoisotopic (exact) mass is 341 g/mol.